The van der Waals surface area contributed by atoms with Gasteiger partial charge in [0.05, 0.1) is 0 Å². The number of unbranched alkanes of at least 4 members (excludes halogenated alkanes) is 12. The molecule has 0 aromatic rings. The molecule has 0 aliphatic carbocycles. The van der Waals surface area contributed by atoms with Crippen LogP contribution in [0.3, 0.4) is 0 Å². The average molecular weight is 453 g/mol. The molecule has 190 valence electrons. The normalized spacial score (nSPS) is 12.7. The molecule has 1 unspecified atom stereocenters. The van der Waals surface area contributed by atoms with Crippen molar-refractivity contribution >= 4 is 11.9 Å². The van der Waals surface area contributed by atoms with Gasteiger partial charge in [-0.25, -0.2) is 0 Å². The van der Waals surface area contributed by atoms with Crippen LogP contribution in [0.5, 0.6) is 0 Å². The standard InChI is InChI=1S/C28H54O4/c1-4-7-10-13-14-15-18-24-28(22-16-11-8-5-2,23-17-12-9-6-3)25(27(31)32)20-19-21-26(29)30/h25H,4-24H2,1-3H3,(H,29,30)(H,31,32)/p-2. The highest BCUT2D eigenvalue weighted by molar-refractivity contribution is 5.69. The van der Waals surface area contributed by atoms with Crippen LogP contribution in [0.4, 0.5) is 0 Å². The molecule has 0 saturated carbocycles. The van der Waals surface area contributed by atoms with E-state index < -0.39 is 17.9 Å². The average Bonchev–Trinajstić information content (AvgIpc) is 2.76. The van der Waals surface area contributed by atoms with Crippen molar-refractivity contribution in [2.24, 2.45) is 11.3 Å². The molecule has 0 amide bonds. The fourth-order valence-corrected chi connectivity index (χ4v) is 5.26. The summed E-state index contributed by atoms with van der Waals surface area (Å²) < 4.78 is 0. The highest BCUT2D eigenvalue weighted by Crippen LogP contribution is 2.46. The molecule has 0 N–H and O–H groups in total. The Morgan fingerprint density at radius 1 is 0.594 bits per heavy atom. The highest BCUT2D eigenvalue weighted by atomic mass is 16.4. The molecule has 0 spiro atoms. The zero-order chi connectivity index (χ0) is 24.1. The van der Waals surface area contributed by atoms with E-state index in [0.717, 1.165) is 70.6 Å². The van der Waals surface area contributed by atoms with Gasteiger partial charge < -0.3 is 19.8 Å². The van der Waals surface area contributed by atoms with Crippen LogP contribution >= 0.6 is 0 Å². The maximum atomic E-state index is 12.3. The third-order valence-corrected chi connectivity index (χ3v) is 7.23. The Balaban J connectivity index is 5.33. The van der Waals surface area contributed by atoms with Crippen molar-refractivity contribution in [2.45, 2.75) is 156 Å². The van der Waals surface area contributed by atoms with Crippen LogP contribution in [0, 0.1) is 11.3 Å². The van der Waals surface area contributed by atoms with E-state index in [0.29, 0.717) is 12.8 Å². The molecule has 0 saturated heterocycles. The molecule has 0 aliphatic heterocycles. The van der Waals surface area contributed by atoms with Gasteiger partial charge in [0.25, 0.3) is 0 Å². The van der Waals surface area contributed by atoms with Crippen LogP contribution in [0.1, 0.15) is 156 Å². The number of carboxylic acid groups (broad SMARTS) is 2. The van der Waals surface area contributed by atoms with Crippen molar-refractivity contribution in [3.05, 3.63) is 0 Å². The van der Waals surface area contributed by atoms with Gasteiger partial charge in [-0.05, 0) is 43.9 Å². The van der Waals surface area contributed by atoms with Crippen molar-refractivity contribution in [3.63, 3.8) is 0 Å². The monoisotopic (exact) mass is 452 g/mol. The summed E-state index contributed by atoms with van der Waals surface area (Å²) in [4.78, 5) is 23.3. The van der Waals surface area contributed by atoms with Crippen LogP contribution in [0.2, 0.25) is 0 Å². The molecule has 0 aliphatic rings. The van der Waals surface area contributed by atoms with E-state index in [4.69, 9.17) is 0 Å². The quantitative estimate of drug-likeness (QED) is 0.160. The van der Waals surface area contributed by atoms with Gasteiger partial charge in [-0.15, -0.1) is 0 Å². The maximum Gasteiger partial charge on any atom is 0.0450 e. The van der Waals surface area contributed by atoms with Crippen LogP contribution < -0.4 is 10.2 Å². The van der Waals surface area contributed by atoms with Crippen LogP contribution in [-0.4, -0.2) is 11.9 Å². The molecule has 0 aromatic carbocycles. The van der Waals surface area contributed by atoms with Crippen molar-refractivity contribution in [1.29, 1.82) is 0 Å². The predicted octanol–water partition coefficient (Wildman–Crippen LogP) is 6.34. The number of rotatable bonds is 24. The van der Waals surface area contributed by atoms with E-state index in [2.05, 4.69) is 20.8 Å². The number of aliphatic carboxylic acids is 2. The minimum Gasteiger partial charge on any atom is -0.550 e. The van der Waals surface area contributed by atoms with Crippen molar-refractivity contribution in [1.82, 2.24) is 0 Å². The minimum absolute atomic E-state index is 0.0665. The van der Waals surface area contributed by atoms with E-state index in [1.54, 1.807) is 0 Å². The van der Waals surface area contributed by atoms with E-state index in [1.807, 2.05) is 0 Å². The Morgan fingerprint density at radius 2 is 0.969 bits per heavy atom. The summed E-state index contributed by atoms with van der Waals surface area (Å²) in [5.74, 6) is -2.62. The summed E-state index contributed by atoms with van der Waals surface area (Å²) in [6, 6.07) is 0. The second-order valence-corrected chi connectivity index (χ2v) is 9.99. The molecular weight excluding hydrogens is 400 g/mol. The van der Waals surface area contributed by atoms with Gasteiger partial charge in [-0.1, -0.05) is 117 Å². The minimum atomic E-state index is -1.09. The predicted molar refractivity (Wildman–Crippen MR) is 130 cm³/mol. The van der Waals surface area contributed by atoms with E-state index >= 15 is 0 Å². The molecule has 0 bridgehead atoms. The number of carbonyl (C=O) groups excluding carboxylic acids is 2. The summed E-state index contributed by atoms with van der Waals surface area (Å²) >= 11 is 0. The zero-order valence-electron chi connectivity index (χ0n) is 21.6. The Bertz CT molecular complexity index is 448. The molecule has 32 heavy (non-hydrogen) atoms. The van der Waals surface area contributed by atoms with Gasteiger partial charge >= 0.3 is 0 Å². The third kappa shape index (κ3) is 14.9. The summed E-state index contributed by atoms with van der Waals surface area (Å²) in [5.41, 5.74) is -0.254. The lowest BCUT2D eigenvalue weighted by atomic mass is 9.64. The summed E-state index contributed by atoms with van der Waals surface area (Å²) in [6.07, 6.45) is 21.1. The Morgan fingerprint density at radius 3 is 1.34 bits per heavy atom. The van der Waals surface area contributed by atoms with Crippen molar-refractivity contribution in [3.8, 4) is 0 Å². The fourth-order valence-electron chi connectivity index (χ4n) is 5.26. The lowest BCUT2D eigenvalue weighted by Crippen LogP contribution is -2.43. The van der Waals surface area contributed by atoms with Crippen molar-refractivity contribution in [2.75, 3.05) is 0 Å². The first-order valence-electron chi connectivity index (χ1n) is 13.8. The lowest BCUT2D eigenvalue weighted by Gasteiger charge is -2.43. The van der Waals surface area contributed by atoms with E-state index in [1.165, 1.54) is 44.9 Å². The number of hydrogen-bond acceptors (Lipinski definition) is 4. The molecule has 1 atom stereocenters. The number of carboxylic acids is 2. The SMILES string of the molecule is CCCCCCCCCC(CCCCCC)(CCCCCC)C(CCCC(=O)[O-])C(=O)[O-]. The molecule has 0 aromatic heterocycles. The van der Waals surface area contributed by atoms with Crippen LogP contribution in [0.15, 0.2) is 0 Å². The fraction of sp³-hybridized carbons (Fsp3) is 0.929. The van der Waals surface area contributed by atoms with E-state index in [-0.39, 0.29) is 11.8 Å². The largest absolute Gasteiger partial charge is 0.550 e. The topological polar surface area (TPSA) is 80.3 Å². The van der Waals surface area contributed by atoms with Crippen molar-refractivity contribution < 1.29 is 19.8 Å². The number of hydrogen-bond donors (Lipinski definition) is 0. The molecule has 0 radical (unpaired) electrons. The smallest absolute Gasteiger partial charge is 0.0450 e. The molecule has 0 fully saturated rings. The van der Waals surface area contributed by atoms with Gasteiger partial charge in [-0.2, -0.15) is 0 Å². The van der Waals surface area contributed by atoms with Gasteiger partial charge in [0.2, 0.25) is 0 Å². The van der Waals surface area contributed by atoms with Gasteiger partial charge in [0.1, 0.15) is 0 Å². The molecular formula is C28H52O4-2. The molecule has 0 rings (SSSR count). The maximum absolute atomic E-state index is 12.3. The Labute approximate surface area is 199 Å². The summed E-state index contributed by atoms with van der Waals surface area (Å²) in [6.45, 7) is 6.62. The first-order valence-corrected chi connectivity index (χ1v) is 13.8. The van der Waals surface area contributed by atoms with Gasteiger partial charge in [-0.3, -0.25) is 0 Å². The Hall–Kier alpha value is -1.06. The molecule has 4 nitrogen and oxygen atoms in total. The van der Waals surface area contributed by atoms with Crippen LogP contribution in [-0.2, 0) is 9.59 Å². The molecule has 4 heteroatoms. The highest BCUT2D eigenvalue weighted by Gasteiger charge is 2.37. The number of carbonyl (C=O) groups is 2. The lowest BCUT2D eigenvalue weighted by molar-refractivity contribution is -0.317. The van der Waals surface area contributed by atoms with Gasteiger partial charge in [0, 0.05) is 17.9 Å². The molecule has 0 heterocycles. The van der Waals surface area contributed by atoms with Gasteiger partial charge in [0.15, 0.2) is 0 Å². The second-order valence-electron chi connectivity index (χ2n) is 9.99. The first-order chi connectivity index (χ1) is 15.4. The third-order valence-electron chi connectivity index (χ3n) is 7.23. The second kappa shape index (κ2) is 20.5. The van der Waals surface area contributed by atoms with E-state index in [9.17, 15) is 19.8 Å². The zero-order valence-corrected chi connectivity index (χ0v) is 21.6. The Kier molecular flexibility index (Phi) is 19.9. The summed E-state index contributed by atoms with van der Waals surface area (Å²) in [7, 11) is 0. The summed E-state index contributed by atoms with van der Waals surface area (Å²) in [5, 5.41) is 23.3. The first kappa shape index (κ1) is 30.9. The van der Waals surface area contributed by atoms with Crippen LogP contribution in [0.25, 0.3) is 0 Å².